The van der Waals surface area contributed by atoms with Gasteiger partial charge in [-0.2, -0.15) is 0 Å². The van der Waals surface area contributed by atoms with Gasteiger partial charge in [-0.05, 0) is 7.05 Å². The summed E-state index contributed by atoms with van der Waals surface area (Å²) in [4.78, 5) is 0. The van der Waals surface area contributed by atoms with Crippen molar-refractivity contribution in [3.05, 3.63) is 0 Å². The highest BCUT2D eigenvalue weighted by Crippen LogP contribution is 2.69. The van der Waals surface area contributed by atoms with Gasteiger partial charge in [-0.3, -0.25) is 12.3 Å². The fourth-order valence-electron chi connectivity index (χ4n) is 2.24. The lowest BCUT2D eigenvalue weighted by Gasteiger charge is -2.69. The normalized spacial score (nSPS) is 23.2. The van der Waals surface area contributed by atoms with Crippen molar-refractivity contribution in [3.8, 4) is 0 Å². The highest BCUT2D eigenvalue weighted by Gasteiger charge is 2.69. The fraction of sp³-hybridized carbons (Fsp3) is 1.00. The van der Waals surface area contributed by atoms with Crippen LogP contribution in [0, 0.1) is 0 Å². The molecule has 20 heavy (non-hydrogen) atoms. The van der Waals surface area contributed by atoms with Crippen LogP contribution in [0.5, 0.6) is 0 Å². The zero-order chi connectivity index (χ0) is 16.3. The first kappa shape index (κ1) is 19.8. The van der Waals surface area contributed by atoms with Crippen molar-refractivity contribution in [2.45, 2.75) is 58.9 Å². The molecule has 1 saturated heterocycles. The summed E-state index contributed by atoms with van der Waals surface area (Å²) >= 11 is 13.9. The molecule has 3 nitrogen and oxygen atoms in total. The molecule has 0 spiro atoms. The van der Waals surface area contributed by atoms with Crippen molar-refractivity contribution < 1.29 is 0 Å². The topological polar surface area (TPSA) is 9.72 Å². The molecule has 1 aliphatic heterocycles. The fourth-order valence-corrected chi connectivity index (χ4v) is 35.8. The van der Waals surface area contributed by atoms with Gasteiger partial charge in [-0.15, -0.1) is 22.2 Å². The smallest absolute Gasteiger partial charge is 0.284 e. The third-order valence-corrected chi connectivity index (χ3v) is 31.1. The van der Waals surface area contributed by atoms with Gasteiger partial charge in [-0.25, -0.2) is 0 Å². The molecule has 0 aromatic rings. The first-order chi connectivity index (χ1) is 8.52. The molecule has 0 unspecified atom stereocenters. The molecule has 1 heterocycles. The Morgan fingerprint density at radius 2 is 1.10 bits per heavy atom. The molecule has 0 aromatic heterocycles. The van der Waals surface area contributed by atoms with Gasteiger partial charge < -0.3 is 0 Å². The third kappa shape index (κ3) is 3.63. The highest BCUT2D eigenvalue weighted by molar-refractivity contribution is 7.77. The summed E-state index contributed by atoms with van der Waals surface area (Å²) in [5, 5.41) is 0. The summed E-state index contributed by atoms with van der Waals surface area (Å²) in [6.07, 6.45) is 0. The minimum absolute atomic E-state index is 0.455. The van der Waals surface area contributed by atoms with Gasteiger partial charge in [-0.1, -0.05) is 58.9 Å². The van der Waals surface area contributed by atoms with Gasteiger partial charge in [0.15, 0.2) is 0 Å². The molecule has 10 heteroatoms. The van der Waals surface area contributed by atoms with E-state index in [1.165, 1.54) is 0 Å². The molecule has 1 aliphatic rings. The van der Waals surface area contributed by atoms with E-state index in [0.29, 0.717) is 0 Å². The SMILES string of the molecule is CN(P1N([Si](C)(C)C)[Si](Cl)(Cl)N1[Si](C)(C)C)[Si](C)(C)C. The Morgan fingerprint density at radius 1 is 0.800 bits per heavy atom. The Labute approximate surface area is 140 Å². The van der Waals surface area contributed by atoms with Gasteiger partial charge in [0.05, 0.1) is 8.37 Å². The molecule has 0 atom stereocenters. The number of halogens is 2. The van der Waals surface area contributed by atoms with Crippen LogP contribution in [0.4, 0.5) is 0 Å². The quantitative estimate of drug-likeness (QED) is 0.362. The number of hydrogen-bond acceptors (Lipinski definition) is 3. The highest BCUT2D eigenvalue weighted by atomic mass is 35.7. The maximum Gasteiger partial charge on any atom is 0.406 e. The minimum atomic E-state index is -2.44. The van der Waals surface area contributed by atoms with E-state index < -0.39 is 40.1 Å². The summed E-state index contributed by atoms with van der Waals surface area (Å²) in [6, 6.07) is 0. The van der Waals surface area contributed by atoms with Crippen LogP contribution in [0.3, 0.4) is 0 Å². The van der Waals surface area contributed by atoms with E-state index >= 15 is 0 Å². The Bertz CT molecular complexity index is 354. The molecule has 0 radical (unpaired) electrons. The molecular weight excluding hydrogens is 376 g/mol. The van der Waals surface area contributed by atoms with Crippen molar-refractivity contribution in [3.63, 3.8) is 0 Å². The summed E-state index contributed by atoms with van der Waals surface area (Å²) in [5.74, 6) is 0. The van der Waals surface area contributed by atoms with Gasteiger partial charge >= 0.3 is 7.02 Å². The van der Waals surface area contributed by atoms with Crippen molar-refractivity contribution in [2.75, 3.05) is 7.05 Å². The van der Waals surface area contributed by atoms with Crippen LogP contribution in [0.2, 0.25) is 58.9 Å². The molecule has 1 fully saturated rings. The molecule has 0 aromatic carbocycles. The first-order valence-corrected chi connectivity index (χ1v) is 22.5. The summed E-state index contributed by atoms with van der Waals surface area (Å²) in [7, 11) is -5.00. The van der Waals surface area contributed by atoms with Crippen LogP contribution in [0.15, 0.2) is 0 Å². The molecule has 1 rings (SSSR count). The van der Waals surface area contributed by atoms with Crippen LogP contribution in [0.25, 0.3) is 0 Å². The second-order valence-corrected chi connectivity index (χ2v) is 33.4. The molecule has 0 saturated carbocycles. The standard InChI is InChI=1S/C10H30Cl2N3PSi4/c1-13(17(2,3)4)16-14(18(5,6)7)20(11,12)15(16)19(8,9)10/h1-10H3. The zero-order valence-electron chi connectivity index (χ0n) is 14.5. The molecule has 0 amide bonds. The van der Waals surface area contributed by atoms with Crippen LogP contribution in [-0.2, 0) is 0 Å². The largest absolute Gasteiger partial charge is 0.406 e. The van der Waals surface area contributed by atoms with Gasteiger partial charge in [0.2, 0.25) is 0 Å². The van der Waals surface area contributed by atoms with E-state index in [1.807, 2.05) is 0 Å². The van der Waals surface area contributed by atoms with Crippen LogP contribution < -0.4 is 0 Å². The van der Waals surface area contributed by atoms with Crippen LogP contribution >= 0.6 is 30.5 Å². The molecule has 0 aliphatic carbocycles. The Hall–Kier alpha value is 1.76. The van der Waals surface area contributed by atoms with E-state index in [2.05, 4.69) is 78.3 Å². The predicted molar refractivity (Wildman–Crippen MR) is 106 cm³/mol. The summed E-state index contributed by atoms with van der Waals surface area (Å²) < 4.78 is 7.79. The number of rotatable bonds is 4. The average Bonchev–Trinajstić information content (AvgIpc) is 2.06. The molecule has 0 bridgehead atoms. The summed E-state index contributed by atoms with van der Waals surface area (Å²) in [5.41, 5.74) is 0. The van der Waals surface area contributed by atoms with Crippen molar-refractivity contribution in [2.24, 2.45) is 0 Å². The number of hydrogen-bond donors (Lipinski definition) is 0. The van der Waals surface area contributed by atoms with E-state index in [-0.39, 0.29) is 0 Å². The second kappa shape index (κ2) is 5.68. The maximum absolute atomic E-state index is 6.93. The maximum atomic E-state index is 6.93. The molecular formula is C10H30Cl2N3PSi4. The zero-order valence-corrected chi connectivity index (χ0v) is 21.0. The Balaban J connectivity index is 3.27. The average molecular weight is 407 g/mol. The van der Waals surface area contributed by atoms with Crippen molar-refractivity contribution >= 4 is 62.3 Å². The van der Waals surface area contributed by atoms with E-state index in [0.717, 1.165) is 0 Å². The van der Waals surface area contributed by atoms with Crippen molar-refractivity contribution in [1.29, 1.82) is 0 Å². The third-order valence-electron chi connectivity index (χ3n) is 3.38. The first-order valence-electron chi connectivity index (χ1n) is 7.04. The van der Waals surface area contributed by atoms with E-state index in [4.69, 9.17) is 22.2 Å². The van der Waals surface area contributed by atoms with Gasteiger partial charge in [0.25, 0.3) is 0 Å². The number of nitrogens with zero attached hydrogens (tertiary/aromatic N) is 3. The monoisotopic (exact) mass is 405 g/mol. The van der Waals surface area contributed by atoms with Crippen LogP contribution in [-0.4, -0.2) is 51.1 Å². The lowest BCUT2D eigenvalue weighted by atomic mass is 11.6. The lowest BCUT2D eigenvalue weighted by Crippen LogP contribution is -2.79. The predicted octanol–water partition coefficient (Wildman–Crippen LogP) is 5.18. The minimum Gasteiger partial charge on any atom is -0.284 e. The summed E-state index contributed by atoms with van der Waals surface area (Å²) in [6.45, 7) is 21.4. The van der Waals surface area contributed by atoms with E-state index in [9.17, 15) is 0 Å². The Kier molecular flexibility index (Phi) is 5.63. The molecule has 0 N–H and O–H groups in total. The van der Waals surface area contributed by atoms with Crippen molar-refractivity contribution in [1.82, 2.24) is 12.3 Å². The second-order valence-electron chi connectivity index (χ2n) is 8.44. The van der Waals surface area contributed by atoms with E-state index in [1.54, 1.807) is 0 Å². The Morgan fingerprint density at radius 3 is 1.30 bits per heavy atom. The van der Waals surface area contributed by atoms with Gasteiger partial charge in [0.1, 0.15) is 24.7 Å². The van der Waals surface area contributed by atoms with Crippen LogP contribution in [0.1, 0.15) is 0 Å². The molecule has 120 valence electrons. The lowest BCUT2D eigenvalue weighted by molar-refractivity contribution is 0.647. The van der Waals surface area contributed by atoms with Gasteiger partial charge in [0, 0.05) is 0 Å².